The van der Waals surface area contributed by atoms with Gasteiger partial charge in [-0.1, -0.05) is 18.2 Å². The molecule has 1 unspecified atom stereocenters. The van der Waals surface area contributed by atoms with Crippen molar-refractivity contribution in [3.8, 4) is 5.75 Å². The third kappa shape index (κ3) is 3.66. The fourth-order valence-corrected chi connectivity index (χ4v) is 3.65. The van der Waals surface area contributed by atoms with Gasteiger partial charge in [0.15, 0.2) is 0 Å². The Morgan fingerprint density at radius 1 is 1.36 bits per heavy atom. The van der Waals surface area contributed by atoms with E-state index in [0.29, 0.717) is 5.56 Å². The van der Waals surface area contributed by atoms with E-state index < -0.39 is 19.0 Å². The Morgan fingerprint density at radius 2 is 2.21 bits per heavy atom. The summed E-state index contributed by atoms with van der Waals surface area (Å²) >= 11 is 0. The van der Waals surface area contributed by atoms with Gasteiger partial charge >= 0.3 is 13.1 Å². The van der Waals surface area contributed by atoms with Gasteiger partial charge in [0.05, 0.1) is 17.9 Å². The fourth-order valence-electron chi connectivity index (χ4n) is 3.65. The Labute approximate surface area is 162 Å². The number of rotatable bonds is 4. The van der Waals surface area contributed by atoms with Crippen molar-refractivity contribution in [1.82, 2.24) is 10.3 Å². The highest BCUT2D eigenvalue weighted by Gasteiger charge is 2.37. The van der Waals surface area contributed by atoms with Crippen molar-refractivity contribution < 1.29 is 24.4 Å². The molecule has 1 aromatic carbocycles. The molecular formula is C19H20BN3O5. The summed E-state index contributed by atoms with van der Waals surface area (Å²) in [6.07, 6.45) is 4.08. The van der Waals surface area contributed by atoms with Gasteiger partial charge in [0.1, 0.15) is 11.6 Å². The van der Waals surface area contributed by atoms with Crippen LogP contribution in [0, 0.1) is 0 Å². The maximum absolute atomic E-state index is 12.5. The van der Waals surface area contributed by atoms with Crippen LogP contribution >= 0.6 is 0 Å². The Morgan fingerprint density at radius 3 is 3.04 bits per heavy atom. The van der Waals surface area contributed by atoms with Crippen LogP contribution in [0.1, 0.15) is 33.5 Å². The largest absolute Gasteiger partial charge is 0.547 e. The van der Waals surface area contributed by atoms with Crippen molar-refractivity contribution in [2.45, 2.75) is 31.6 Å². The molecule has 4 N–H and O–H groups in total. The molecule has 2 aliphatic heterocycles. The number of carbonyl (C=O) groups is 2. The summed E-state index contributed by atoms with van der Waals surface area (Å²) < 4.78 is 5.40. The molecule has 4 rings (SSSR count). The van der Waals surface area contributed by atoms with Gasteiger partial charge in [-0.15, -0.1) is 0 Å². The summed E-state index contributed by atoms with van der Waals surface area (Å²) in [6.45, 7) is 0.907. The number of pyridine rings is 1. The molecule has 0 bridgehead atoms. The first-order valence-electron chi connectivity index (χ1n) is 9.22. The van der Waals surface area contributed by atoms with E-state index in [1.807, 2.05) is 6.07 Å². The maximum atomic E-state index is 12.5. The second-order valence-electron chi connectivity index (χ2n) is 7.04. The van der Waals surface area contributed by atoms with Gasteiger partial charge in [-0.05, 0) is 42.0 Å². The van der Waals surface area contributed by atoms with Crippen molar-refractivity contribution in [3.63, 3.8) is 0 Å². The van der Waals surface area contributed by atoms with Gasteiger partial charge in [-0.25, -0.2) is 9.78 Å². The quantitative estimate of drug-likeness (QED) is 0.579. The van der Waals surface area contributed by atoms with Crippen LogP contribution in [0.5, 0.6) is 5.75 Å². The van der Waals surface area contributed by atoms with Crippen molar-refractivity contribution in [2.75, 3.05) is 11.9 Å². The number of hydrogen-bond donors (Lipinski definition) is 4. The average Bonchev–Trinajstić information content (AvgIpc) is 2.68. The molecule has 0 fully saturated rings. The van der Waals surface area contributed by atoms with E-state index in [2.05, 4.69) is 15.6 Å². The van der Waals surface area contributed by atoms with Crippen LogP contribution in [0.25, 0.3) is 0 Å². The number of anilines is 1. The normalized spacial score (nSPS) is 17.6. The molecule has 0 saturated carbocycles. The van der Waals surface area contributed by atoms with E-state index in [1.165, 1.54) is 6.07 Å². The van der Waals surface area contributed by atoms with Crippen LogP contribution in [-0.2, 0) is 24.1 Å². The van der Waals surface area contributed by atoms with Gasteiger partial charge in [-0.2, -0.15) is 0 Å². The van der Waals surface area contributed by atoms with Crippen molar-refractivity contribution >= 4 is 24.8 Å². The fraction of sp³-hybridized carbons (Fsp3) is 0.316. The standard InChI is InChI=1S/C19H20BN3O5/c24-16(8-11-7-13-4-2-6-21-18(13)22-10-11)23-15-9-12-3-1-5-14(19(25)26)17(12)28-20(15)27/h1,3,5,7,10,15,27H,2,4,6,8-9H2,(H,21,22)(H,23,24)(H,25,26). The van der Waals surface area contributed by atoms with E-state index in [4.69, 9.17) is 4.65 Å². The van der Waals surface area contributed by atoms with Crippen molar-refractivity contribution in [1.29, 1.82) is 0 Å². The minimum Gasteiger partial charge on any atom is -0.534 e. The summed E-state index contributed by atoms with van der Waals surface area (Å²) in [6, 6.07) is 6.75. The Hall–Kier alpha value is -3.07. The molecule has 0 spiro atoms. The average molecular weight is 381 g/mol. The van der Waals surface area contributed by atoms with Crippen LogP contribution in [0.2, 0.25) is 0 Å². The van der Waals surface area contributed by atoms with Crippen LogP contribution in [0.15, 0.2) is 30.5 Å². The summed E-state index contributed by atoms with van der Waals surface area (Å²) in [4.78, 5) is 28.1. The lowest BCUT2D eigenvalue weighted by atomic mass is 9.72. The van der Waals surface area contributed by atoms with Crippen LogP contribution in [0.4, 0.5) is 5.82 Å². The summed E-state index contributed by atoms with van der Waals surface area (Å²) in [7, 11) is -1.32. The molecule has 1 amide bonds. The van der Waals surface area contributed by atoms with Gasteiger partial charge in [0.2, 0.25) is 5.91 Å². The Kier molecular flexibility index (Phi) is 4.91. The maximum Gasteiger partial charge on any atom is 0.547 e. The number of benzene rings is 1. The van der Waals surface area contributed by atoms with E-state index in [-0.39, 0.29) is 30.1 Å². The van der Waals surface area contributed by atoms with Crippen molar-refractivity contribution in [2.24, 2.45) is 0 Å². The number of para-hydroxylation sites is 1. The van der Waals surface area contributed by atoms with Gasteiger partial charge in [0, 0.05) is 12.7 Å². The van der Waals surface area contributed by atoms with E-state index in [1.54, 1.807) is 18.3 Å². The van der Waals surface area contributed by atoms with Crippen LogP contribution < -0.4 is 15.3 Å². The second kappa shape index (κ2) is 7.51. The van der Waals surface area contributed by atoms with Gasteiger partial charge < -0.3 is 25.4 Å². The number of nitrogens with zero attached hydrogens (tertiary/aromatic N) is 1. The molecular weight excluding hydrogens is 361 g/mol. The van der Waals surface area contributed by atoms with E-state index >= 15 is 0 Å². The Balaban J connectivity index is 1.44. The SMILES string of the molecule is O=C(Cc1cnc2c(c1)CCCN2)NC1Cc2cccc(C(=O)O)c2OB1O. The smallest absolute Gasteiger partial charge is 0.534 e. The number of hydrogen-bond acceptors (Lipinski definition) is 6. The molecule has 9 heteroatoms. The number of carboxylic acid groups (broad SMARTS) is 1. The third-order valence-electron chi connectivity index (χ3n) is 5.00. The van der Waals surface area contributed by atoms with Crippen LogP contribution in [-0.4, -0.2) is 46.6 Å². The zero-order chi connectivity index (χ0) is 19.7. The summed E-state index contributed by atoms with van der Waals surface area (Å²) in [5, 5.41) is 25.5. The van der Waals surface area contributed by atoms with Gasteiger partial charge in [0.25, 0.3) is 0 Å². The molecule has 1 aromatic heterocycles. The first kappa shape index (κ1) is 18.3. The minimum atomic E-state index is -1.32. The lowest BCUT2D eigenvalue weighted by Gasteiger charge is -2.29. The second-order valence-corrected chi connectivity index (χ2v) is 7.04. The lowest BCUT2D eigenvalue weighted by molar-refractivity contribution is -0.120. The topological polar surface area (TPSA) is 121 Å². The molecule has 8 nitrogen and oxygen atoms in total. The van der Waals surface area contributed by atoms with E-state index in [9.17, 15) is 19.7 Å². The predicted molar refractivity (Wildman–Crippen MR) is 102 cm³/mol. The highest BCUT2D eigenvalue weighted by Crippen LogP contribution is 2.30. The molecule has 0 radical (unpaired) electrons. The molecule has 3 heterocycles. The zero-order valence-corrected chi connectivity index (χ0v) is 15.1. The molecule has 2 aliphatic rings. The monoisotopic (exact) mass is 381 g/mol. The third-order valence-corrected chi connectivity index (χ3v) is 5.00. The molecule has 0 saturated heterocycles. The number of amides is 1. The van der Waals surface area contributed by atoms with Crippen LogP contribution in [0.3, 0.4) is 0 Å². The number of aryl methyl sites for hydroxylation is 1. The molecule has 28 heavy (non-hydrogen) atoms. The number of carbonyl (C=O) groups excluding carboxylic acids is 1. The number of aromatic carboxylic acids is 1. The first-order chi connectivity index (χ1) is 13.5. The Bertz CT molecular complexity index is 936. The minimum absolute atomic E-state index is 0.00457. The number of carboxylic acids is 1. The molecule has 0 aliphatic carbocycles. The van der Waals surface area contributed by atoms with Gasteiger partial charge in [-0.3, -0.25) is 4.79 Å². The number of fused-ring (bicyclic) bond motifs is 2. The molecule has 144 valence electrons. The van der Waals surface area contributed by atoms with E-state index in [0.717, 1.165) is 36.3 Å². The first-order valence-corrected chi connectivity index (χ1v) is 9.22. The summed E-state index contributed by atoms with van der Waals surface area (Å²) in [5.74, 6) is -1.01. The molecule has 1 atom stereocenters. The highest BCUT2D eigenvalue weighted by atomic mass is 16.5. The zero-order valence-electron chi connectivity index (χ0n) is 15.1. The highest BCUT2D eigenvalue weighted by molar-refractivity contribution is 6.47. The summed E-state index contributed by atoms with van der Waals surface area (Å²) in [5.41, 5.74) is 2.54. The lowest BCUT2D eigenvalue weighted by Crippen LogP contribution is -2.53. The molecule has 2 aromatic rings. The predicted octanol–water partition coefficient (Wildman–Crippen LogP) is 0.820. The number of nitrogens with one attached hydrogen (secondary N) is 2. The van der Waals surface area contributed by atoms with Crippen molar-refractivity contribution in [3.05, 3.63) is 52.7 Å². The number of aromatic nitrogens is 1.